The summed E-state index contributed by atoms with van der Waals surface area (Å²) in [6.45, 7) is 9.88. The van der Waals surface area contributed by atoms with Gasteiger partial charge in [0.2, 0.25) is 0 Å². The smallest absolute Gasteiger partial charge is 0.0649 e. The minimum atomic E-state index is 0.269. The third-order valence-electron chi connectivity index (χ3n) is 3.16. The molecule has 0 spiro atoms. The molecular formula is C17H25N3S. The Balaban J connectivity index is 2.23. The summed E-state index contributed by atoms with van der Waals surface area (Å²) in [7, 11) is 0. The van der Waals surface area contributed by atoms with Crippen molar-refractivity contribution in [1.82, 2.24) is 15.1 Å². The maximum absolute atomic E-state index is 4.50. The van der Waals surface area contributed by atoms with Crippen LogP contribution in [-0.4, -0.2) is 26.8 Å². The van der Waals surface area contributed by atoms with Crippen LogP contribution in [-0.2, 0) is 0 Å². The summed E-state index contributed by atoms with van der Waals surface area (Å²) in [5, 5.41) is 8.09. The van der Waals surface area contributed by atoms with Gasteiger partial charge in [0.15, 0.2) is 0 Å². The van der Waals surface area contributed by atoms with Crippen molar-refractivity contribution >= 4 is 11.8 Å². The molecule has 1 aromatic heterocycles. The number of nitrogens with one attached hydrogen (secondary N) is 1. The van der Waals surface area contributed by atoms with Gasteiger partial charge in [0.05, 0.1) is 17.4 Å². The Morgan fingerprint density at radius 3 is 2.52 bits per heavy atom. The third kappa shape index (κ3) is 4.61. The lowest BCUT2D eigenvalue weighted by molar-refractivity contribution is 0.569. The number of para-hydroxylation sites is 1. The molecular weight excluding hydrogens is 278 g/mol. The molecule has 0 aliphatic rings. The SMILES string of the molecule is CCNC(CSC(C)(C)C)c1ccnn1-c1ccccc1. The summed E-state index contributed by atoms with van der Waals surface area (Å²) in [5.74, 6) is 1.04. The predicted molar refractivity (Wildman–Crippen MR) is 92.2 cm³/mol. The molecule has 0 saturated carbocycles. The van der Waals surface area contributed by atoms with Crippen LogP contribution in [0.25, 0.3) is 5.69 Å². The number of aromatic nitrogens is 2. The lowest BCUT2D eigenvalue weighted by Crippen LogP contribution is -2.27. The molecule has 1 aromatic carbocycles. The van der Waals surface area contributed by atoms with Crippen LogP contribution in [0.3, 0.4) is 0 Å². The van der Waals surface area contributed by atoms with Crippen molar-refractivity contribution in [3.63, 3.8) is 0 Å². The van der Waals surface area contributed by atoms with Crippen LogP contribution in [0.5, 0.6) is 0 Å². The van der Waals surface area contributed by atoms with Crippen LogP contribution in [0.15, 0.2) is 42.6 Å². The first-order valence-corrected chi connectivity index (χ1v) is 8.46. The van der Waals surface area contributed by atoms with Gasteiger partial charge in [0.25, 0.3) is 0 Å². The molecule has 0 saturated heterocycles. The highest BCUT2D eigenvalue weighted by Crippen LogP contribution is 2.29. The lowest BCUT2D eigenvalue weighted by atomic mass is 10.2. The van der Waals surface area contributed by atoms with Gasteiger partial charge in [-0.15, -0.1) is 0 Å². The summed E-state index contributed by atoms with van der Waals surface area (Å²) in [6.07, 6.45) is 1.88. The van der Waals surface area contributed by atoms with Gasteiger partial charge in [-0.1, -0.05) is 45.9 Å². The molecule has 4 heteroatoms. The van der Waals surface area contributed by atoms with E-state index >= 15 is 0 Å². The standard InChI is InChI=1S/C17H25N3S/c1-5-18-15(13-21-17(2,3)4)16-11-12-19-20(16)14-9-7-6-8-10-14/h6-12,15,18H,5,13H2,1-4H3. The van der Waals surface area contributed by atoms with Crippen LogP contribution in [0, 0.1) is 0 Å². The van der Waals surface area contributed by atoms with E-state index in [-0.39, 0.29) is 4.75 Å². The molecule has 0 aliphatic carbocycles. The van der Waals surface area contributed by atoms with E-state index in [1.54, 1.807) is 0 Å². The molecule has 0 amide bonds. The minimum absolute atomic E-state index is 0.269. The molecule has 1 heterocycles. The zero-order valence-electron chi connectivity index (χ0n) is 13.3. The van der Waals surface area contributed by atoms with Crippen LogP contribution in [0.2, 0.25) is 0 Å². The van der Waals surface area contributed by atoms with Crippen LogP contribution in [0.1, 0.15) is 39.4 Å². The Labute approximate surface area is 132 Å². The Hall–Kier alpha value is -1.26. The van der Waals surface area contributed by atoms with Gasteiger partial charge in [0.1, 0.15) is 0 Å². The van der Waals surface area contributed by atoms with Crippen molar-refractivity contribution in [1.29, 1.82) is 0 Å². The molecule has 0 radical (unpaired) electrons. The van der Waals surface area contributed by atoms with Gasteiger partial charge < -0.3 is 5.32 Å². The van der Waals surface area contributed by atoms with E-state index in [4.69, 9.17) is 0 Å². The first-order chi connectivity index (χ1) is 10.0. The van der Waals surface area contributed by atoms with Gasteiger partial charge in [0, 0.05) is 16.7 Å². The number of hydrogen-bond acceptors (Lipinski definition) is 3. The molecule has 1 N–H and O–H groups in total. The normalized spacial score (nSPS) is 13.3. The summed E-state index contributed by atoms with van der Waals surface area (Å²) < 4.78 is 2.31. The van der Waals surface area contributed by atoms with Gasteiger partial charge in [-0.05, 0) is 24.7 Å². The highest BCUT2D eigenvalue weighted by molar-refractivity contribution is 8.00. The Bertz CT molecular complexity index is 543. The fourth-order valence-electron chi connectivity index (χ4n) is 2.19. The number of benzene rings is 1. The molecule has 114 valence electrons. The van der Waals surface area contributed by atoms with E-state index in [1.807, 2.05) is 40.8 Å². The van der Waals surface area contributed by atoms with Gasteiger partial charge in [-0.2, -0.15) is 16.9 Å². The summed E-state index contributed by atoms with van der Waals surface area (Å²) >= 11 is 1.98. The van der Waals surface area contributed by atoms with E-state index in [1.165, 1.54) is 5.69 Å². The molecule has 2 aromatic rings. The van der Waals surface area contributed by atoms with Crippen LogP contribution < -0.4 is 5.32 Å². The number of rotatable bonds is 6. The monoisotopic (exact) mass is 303 g/mol. The quantitative estimate of drug-likeness (QED) is 0.873. The van der Waals surface area contributed by atoms with E-state index < -0.39 is 0 Å². The Kier molecular flexibility index (Phi) is 5.48. The van der Waals surface area contributed by atoms with Crippen LogP contribution >= 0.6 is 11.8 Å². The predicted octanol–water partition coefficient (Wildman–Crippen LogP) is 4.05. The summed E-state index contributed by atoms with van der Waals surface area (Å²) in [4.78, 5) is 0. The first-order valence-electron chi connectivity index (χ1n) is 7.48. The third-order valence-corrected chi connectivity index (χ3v) is 4.53. The number of nitrogens with zero attached hydrogens (tertiary/aromatic N) is 2. The van der Waals surface area contributed by atoms with Crippen molar-refractivity contribution in [3.8, 4) is 5.69 Å². The topological polar surface area (TPSA) is 29.9 Å². The highest BCUT2D eigenvalue weighted by atomic mass is 32.2. The van der Waals surface area contributed by atoms with Crippen molar-refractivity contribution in [2.75, 3.05) is 12.3 Å². The second kappa shape index (κ2) is 7.14. The lowest BCUT2D eigenvalue weighted by Gasteiger charge is -2.24. The van der Waals surface area contributed by atoms with E-state index in [0.29, 0.717) is 6.04 Å². The van der Waals surface area contributed by atoms with Crippen molar-refractivity contribution < 1.29 is 0 Å². The van der Waals surface area contributed by atoms with E-state index in [2.05, 4.69) is 56.3 Å². The largest absolute Gasteiger partial charge is 0.308 e. The number of thioether (sulfide) groups is 1. The molecule has 1 unspecified atom stereocenters. The first kappa shape index (κ1) is 16.1. The second-order valence-corrected chi connectivity index (χ2v) is 7.88. The molecule has 21 heavy (non-hydrogen) atoms. The van der Waals surface area contributed by atoms with Gasteiger partial charge in [-0.3, -0.25) is 0 Å². The van der Waals surface area contributed by atoms with Gasteiger partial charge in [-0.25, -0.2) is 4.68 Å². The highest BCUT2D eigenvalue weighted by Gasteiger charge is 2.20. The maximum atomic E-state index is 4.50. The maximum Gasteiger partial charge on any atom is 0.0649 e. The fraction of sp³-hybridized carbons (Fsp3) is 0.471. The molecule has 0 bridgehead atoms. The molecule has 0 fully saturated rings. The van der Waals surface area contributed by atoms with Crippen molar-refractivity contribution in [2.24, 2.45) is 0 Å². The second-order valence-electron chi connectivity index (χ2n) is 6.04. The summed E-state index contributed by atoms with van der Waals surface area (Å²) in [6, 6.07) is 12.7. The van der Waals surface area contributed by atoms with E-state index in [9.17, 15) is 0 Å². The average Bonchev–Trinajstić information content (AvgIpc) is 2.92. The average molecular weight is 303 g/mol. The van der Waals surface area contributed by atoms with Crippen molar-refractivity contribution in [3.05, 3.63) is 48.3 Å². The Morgan fingerprint density at radius 1 is 1.19 bits per heavy atom. The molecule has 3 nitrogen and oxygen atoms in total. The molecule has 2 rings (SSSR count). The molecule has 1 atom stereocenters. The molecule has 0 aliphatic heterocycles. The fourth-order valence-corrected chi connectivity index (χ4v) is 3.15. The zero-order chi connectivity index (χ0) is 15.3. The Morgan fingerprint density at radius 2 is 1.90 bits per heavy atom. The van der Waals surface area contributed by atoms with Crippen molar-refractivity contribution in [2.45, 2.75) is 38.5 Å². The van der Waals surface area contributed by atoms with Crippen LogP contribution in [0.4, 0.5) is 0 Å². The minimum Gasteiger partial charge on any atom is -0.308 e. The zero-order valence-corrected chi connectivity index (χ0v) is 14.2. The van der Waals surface area contributed by atoms with Gasteiger partial charge >= 0.3 is 0 Å². The summed E-state index contributed by atoms with van der Waals surface area (Å²) in [5.41, 5.74) is 2.33. The number of hydrogen-bond donors (Lipinski definition) is 1. The van der Waals surface area contributed by atoms with E-state index in [0.717, 1.165) is 18.0 Å².